The van der Waals surface area contributed by atoms with Crippen molar-refractivity contribution >= 4 is 11.3 Å². The molecule has 0 bridgehead atoms. The quantitative estimate of drug-likeness (QED) is 0.597. The Morgan fingerprint density at radius 3 is 3.12 bits per heavy atom. The van der Waals surface area contributed by atoms with E-state index in [0.717, 1.165) is 19.4 Å². The molecule has 1 aliphatic rings. The number of thiophene rings is 1. The molecular formula is C18H27N5OS. The van der Waals surface area contributed by atoms with Crippen molar-refractivity contribution in [1.29, 1.82) is 0 Å². The van der Waals surface area contributed by atoms with Gasteiger partial charge in [0.2, 0.25) is 0 Å². The largest absolute Gasteiger partial charge is 0.385 e. The third kappa shape index (κ3) is 4.83. The number of hydrogen-bond acceptors (Lipinski definition) is 7. The fourth-order valence-electron chi connectivity index (χ4n) is 3.23. The Hall–Kier alpha value is -1.38. The zero-order valence-corrected chi connectivity index (χ0v) is 15.4. The van der Waals surface area contributed by atoms with E-state index in [-0.39, 0.29) is 12.1 Å². The second kappa shape index (κ2) is 8.82. The summed E-state index contributed by atoms with van der Waals surface area (Å²) in [7, 11) is 0. The Bertz CT molecular complexity index is 650. The van der Waals surface area contributed by atoms with E-state index < -0.39 is 6.10 Å². The summed E-state index contributed by atoms with van der Waals surface area (Å²) in [4.78, 5) is 9.52. The maximum Gasteiger partial charge on any atom is 0.110 e. The molecule has 0 radical (unpaired) electrons. The predicted octanol–water partition coefficient (Wildman–Crippen LogP) is 1.54. The average molecular weight is 362 g/mol. The number of aliphatic hydroxyl groups excluding tert-OH is 1. The predicted molar refractivity (Wildman–Crippen MR) is 100 cm³/mol. The highest BCUT2D eigenvalue weighted by Gasteiger charge is 2.29. The summed E-state index contributed by atoms with van der Waals surface area (Å²) in [5.74, 6) is 0. The number of hydrogen-bond donors (Lipinski definition) is 4. The van der Waals surface area contributed by atoms with Gasteiger partial charge in [-0.25, -0.2) is 0 Å². The molecule has 0 aromatic carbocycles. The van der Waals surface area contributed by atoms with E-state index in [0.29, 0.717) is 18.3 Å². The number of aromatic nitrogens is 2. The highest BCUT2D eigenvalue weighted by molar-refractivity contribution is 7.10. The lowest BCUT2D eigenvalue weighted by atomic mass is 9.94. The molecule has 2 aromatic heterocycles. The van der Waals surface area contributed by atoms with E-state index in [9.17, 15) is 5.11 Å². The van der Waals surface area contributed by atoms with Crippen molar-refractivity contribution in [2.24, 2.45) is 5.73 Å². The first-order chi connectivity index (χ1) is 12.2. The van der Waals surface area contributed by atoms with Crippen LogP contribution >= 0.6 is 11.3 Å². The van der Waals surface area contributed by atoms with Gasteiger partial charge in [0.05, 0.1) is 11.9 Å². The highest BCUT2D eigenvalue weighted by atomic mass is 32.1. The number of piperidine rings is 1. The molecule has 4 unspecified atom stereocenters. The van der Waals surface area contributed by atoms with Crippen molar-refractivity contribution in [2.45, 2.75) is 50.4 Å². The van der Waals surface area contributed by atoms with Gasteiger partial charge in [0.25, 0.3) is 0 Å². The molecule has 25 heavy (non-hydrogen) atoms. The van der Waals surface area contributed by atoms with Crippen molar-refractivity contribution in [3.63, 3.8) is 0 Å². The summed E-state index contributed by atoms with van der Waals surface area (Å²) in [5.41, 5.74) is 8.26. The minimum Gasteiger partial charge on any atom is -0.385 e. The van der Waals surface area contributed by atoms with Gasteiger partial charge in [-0.15, -0.1) is 11.3 Å². The fraction of sp³-hybridized carbons (Fsp3) is 0.556. The monoisotopic (exact) mass is 361 g/mol. The van der Waals surface area contributed by atoms with Gasteiger partial charge in [0, 0.05) is 48.5 Å². The third-order valence-corrected chi connectivity index (χ3v) is 5.76. The Kier molecular flexibility index (Phi) is 6.50. The molecule has 136 valence electrons. The van der Waals surface area contributed by atoms with Gasteiger partial charge in [-0.3, -0.25) is 9.97 Å². The molecular weight excluding hydrogens is 334 g/mol. The van der Waals surface area contributed by atoms with Crippen LogP contribution in [0.2, 0.25) is 0 Å². The second-order valence-electron chi connectivity index (χ2n) is 6.63. The average Bonchev–Trinajstić information content (AvgIpc) is 3.10. The molecule has 3 heterocycles. The zero-order chi connectivity index (χ0) is 17.6. The fourth-order valence-corrected chi connectivity index (χ4v) is 4.27. The van der Waals surface area contributed by atoms with Gasteiger partial charge >= 0.3 is 0 Å². The van der Waals surface area contributed by atoms with Crippen LogP contribution in [0.5, 0.6) is 0 Å². The van der Waals surface area contributed by atoms with Crippen LogP contribution in [-0.4, -0.2) is 40.2 Å². The SMILES string of the molecule is CCCc1csc(C2CC(NCC(O)c3cnccn3)C(N)CN2)c1. The molecule has 3 rings (SSSR count). The van der Waals surface area contributed by atoms with Crippen LogP contribution < -0.4 is 16.4 Å². The summed E-state index contributed by atoms with van der Waals surface area (Å²) in [6.07, 6.45) is 7.34. The summed E-state index contributed by atoms with van der Waals surface area (Å²) >= 11 is 1.82. The number of aryl methyl sites for hydroxylation is 1. The van der Waals surface area contributed by atoms with E-state index in [1.165, 1.54) is 16.9 Å². The first kappa shape index (κ1) is 18.4. The number of rotatable bonds is 7. The first-order valence-electron chi connectivity index (χ1n) is 8.91. The lowest BCUT2D eigenvalue weighted by molar-refractivity contribution is 0.156. The Balaban J connectivity index is 1.57. The number of nitrogens with zero attached hydrogens (tertiary/aromatic N) is 2. The van der Waals surface area contributed by atoms with E-state index >= 15 is 0 Å². The lowest BCUT2D eigenvalue weighted by Crippen LogP contribution is -2.56. The van der Waals surface area contributed by atoms with Gasteiger partial charge in [-0.1, -0.05) is 13.3 Å². The van der Waals surface area contributed by atoms with E-state index in [1.54, 1.807) is 18.6 Å². The molecule has 0 spiro atoms. The number of nitrogens with two attached hydrogens (primary N) is 1. The minimum absolute atomic E-state index is 0.0281. The topological polar surface area (TPSA) is 96.1 Å². The normalized spacial score (nSPS) is 25.0. The first-order valence-corrected chi connectivity index (χ1v) is 9.79. The molecule has 6 nitrogen and oxygen atoms in total. The van der Waals surface area contributed by atoms with E-state index in [1.807, 2.05) is 11.3 Å². The van der Waals surface area contributed by atoms with Crippen molar-refractivity contribution < 1.29 is 5.11 Å². The second-order valence-corrected chi connectivity index (χ2v) is 7.57. The molecule has 1 aliphatic heterocycles. The summed E-state index contributed by atoms with van der Waals surface area (Å²) in [6.45, 7) is 3.40. The Morgan fingerprint density at radius 1 is 1.48 bits per heavy atom. The Morgan fingerprint density at radius 2 is 2.36 bits per heavy atom. The van der Waals surface area contributed by atoms with Gasteiger partial charge in [-0.2, -0.15) is 0 Å². The standard InChI is InChI=1S/C18H27N5OS/c1-2-3-12-6-18(25-11-12)15-7-14(13(19)8-22-15)23-10-17(24)16-9-20-4-5-21-16/h4-6,9,11,13-15,17,22-24H,2-3,7-8,10,19H2,1H3. The maximum atomic E-state index is 10.3. The molecule has 1 saturated heterocycles. The molecule has 1 fully saturated rings. The summed E-state index contributed by atoms with van der Waals surface area (Å²) in [5, 5.41) is 19.5. The number of nitrogens with one attached hydrogen (secondary N) is 2. The maximum absolute atomic E-state index is 10.3. The van der Waals surface area contributed by atoms with Crippen molar-refractivity contribution in [3.05, 3.63) is 46.2 Å². The summed E-state index contributed by atoms with van der Waals surface area (Å²) in [6, 6.07) is 2.82. The van der Waals surface area contributed by atoms with Crippen LogP contribution in [0.4, 0.5) is 0 Å². The van der Waals surface area contributed by atoms with E-state index in [4.69, 9.17) is 5.73 Å². The van der Waals surface area contributed by atoms with Crippen LogP contribution in [0.3, 0.4) is 0 Å². The molecule has 2 aromatic rings. The van der Waals surface area contributed by atoms with Gasteiger partial charge < -0.3 is 21.5 Å². The van der Waals surface area contributed by atoms with Crippen LogP contribution in [0.25, 0.3) is 0 Å². The number of aliphatic hydroxyl groups is 1. The van der Waals surface area contributed by atoms with Crippen LogP contribution in [-0.2, 0) is 6.42 Å². The van der Waals surface area contributed by atoms with Crippen LogP contribution in [0, 0.1) is 0 Å². The van der Waals surface area contributed by atoms with Crippen LogP contribution in [0.1, 0.15) is 48.0 Å². The van der Waals surface area contributed by atoms with E-state index in [2.05, 4.69) is 39.0 Å². The van der Waals surface area contributed by atoms with Crippen LogP contribution in [0.15, 0.2) is 30.0 Å². The molecule has 0 saturated carbocycles. The molecule has 5 N–H and O–H groups in total. The third-order valence-electron chi connectivity index (χ3n) is 4.66. The minimum atomic E-state index is -0.674. The molecule has 0 amide bonds. The molecule has 4 atom stereocenters. The zero-order valence-electron chi connectivity index (χ0n) is 14.6. The Labute approximate surface area is 152 Å². The summed E-state index contributed by atoms with van der Waals surface area (Å²) < 4.78 is 0. The molecule has 7 heteroatoms. The smallest absolute Gasteiger partial charge is 0.110 e. The van der Waals surface area contributed by atoms with Crippen molar-refractivity contribution in [1.82, 2.24) is 20.6 Å². The highest BCUT2D eigenvalue weighted by Crippen LogP contribution is 2.29. The lowest BCUT2D eigenvalue weighted by Gasteiger charge is -2.35. The van der Waals surface area contributed by atoms with Gasteiger partial charge in [-0.05, 0) is 29.9 Å². The van der Waals surface area contributed by atoms with Gasteiger partial charge in [0.15, 0.2) is 0 Å². The molecule has 0 aliphatic carbocycles. The van der Waals surface area contributed by atoms with Gasteiger partial charge in [0.1, 0.15) is 6.10 Å². The van der Waals surface area contributed by atoms with Crippen molar-refractivity contribution in [2.75, 3.05) is 13.1 Å². The van der Waals surface area contributed by atoms with Crippen molar-refractivity contribution in [3.8, 4) is 0 Å².